The molecule has 1 fully saturated rings. The number of rotatable bonds is 10. The number of hydrogen-bond donors (Lipinski definition) is 0. The first-order chi connectivity index (χ1) is 19.4. The lowest BCUT2D eigenvalue weighted by molar-refractivity contribution is -0.132. The molecule has 1 aromatic heterocycles. The van der Waals surface area contributed by atoms with Crippen LogP contribution in [0, 0.1) is 0 Å². The van der Waals surface area contributed by atoms with Crippen molar-refractivity contribution >= 4 is 17.6 Å². The quantitative estimate of drug-likeness (QED) is 0.379. The first kappa shape index (κ1) is 28.7. The van der Waals surface area contributed by atoms with Gasteiger partial charge in [-0.05, 0) is 55.8 Å². The van der Waals surface area contributed by atoms with E-state index in [9.17, 15) is 9.59 Å². The van der Waals surface area contributed by atoms with E-state index in [0.717, 1.165) is 17.8 Å². The fourth-order valence-electron chi connectivity index (χ4n) is 4.65. The summed E-state index contributed by atoms with van der Waals surface area (Å²) in [4.78, 5) is 32.2. The molecule has 1 saturated heterocycles. The number of aromatic nitrogens is 2. The van der Waals surface area contributed by atoms with E-state index in [1.165, 1.54) is 0 Å². The van der Waals surface area contributed by atoms with E-state index >= 15 is 0 Å². The standard InChI is InChI=1S/C30H37N5O5/c1-6-21(2)35(30(37)22-8-7-9-23(18-22)38-3)20-29(36)34-16-14-33(15-17-34)28-13-12-26(31-32-28)25-11-10-24(39-4)19-27(25)40-5/h7-13,18-19,21H,6,14-17,20H2,1-5H3/t21-/m1/s1. The largest absolute Gasteiger partial charge is 0.497 e. The van der Waals surface area contributed by atoms with Crippen molar-refractivity contribution in [2.45, 2.75) is 26.3 Å². The van der Waals surface area contributed by atoms with Gasteiger partial charge in [-0.25, -0.2) is 0 Å². The Bertz CT molecular complexity index is 1310. The number of carbonyl (C=O) groups is 2. The number of piperazine rings is 1. The van der Waals surface area contributed by atoms with Crippen LogP contribution in [-0.4, -0.2) is 91.9 Å². The van der Waals surface area contributed by atoms with E-state index in [4.69, 9.17) is 14.2 Å². The van der Waals surface area contributed by atoms with E-state index in [2.05, 4.69) is 15.1 Å². The zero-order chi connectivity index (χ0) is 28.6. The second kappa shape index (κ2) is 13.1. The van der Waals surface area contributed by atoms with Crippen LogP contribution in [0.4, 0.5) is 5.82 Å². The predicted molar refractivity (Wildman–Crippen MR) is 153 cm³/mol. The molecule has 212 valence electrons. The summed E-state index contributed by atoms with van der Waals surface area (Å²) in [6.45, 7) is 6.33. The van der Waals surface area contributed by atoms with Gasteiger partial charge < -0.3 is 28.9 Å². The molecule has 1 aliphatic heterocycles. The molecule has 0 aliphatic carbocycles. The molecule has 10 nitrogen and oxygen atoms in total. The van der Waals surface area contributed by atoms with Gasteiger partial charge in [0.2, 0.25) is 5.91 Å². The summed E-state index contributed by atoms with van der Waals surface area (Å²) >= 11 is 0. The molecular weight excluding hydrogens is 510 g/mol. The molecule has 2 aromatic carbocycles. The van der Waals surface area contributed by atoms with Gasteiger partial charge in [0.05, 0.1) is 27.0 Å². The van der Waals surface area contributed by atoms with E-state index in [1.807, 2.05) is 49.1 Å². The molecule has 1 aliphatic rings. The van der Waals surface area contributed by atoms with Gasteiger partial charge in [0, 0.05) is 49.4 Å². The van der Waals surface area contributed by atoms with Crippen molar-refractivity contribution in [2.24, 2.45) is 0 Å². The highest BCUT2D eigenvalue weighted by molar-refractivity contribution is 5.97. The Morgan fingerprint density at radius 1 is 0.900 bits per heavy atom. The van der Waals surface area contributed by atoms with Gasteiger partial charge in [-0.1, -0.05) is 13.0 Å². The Morgan fingerprint density at radius 3 is 2.25 bits per heavy atom. The maximum Gasteiger partial charge on any atom is 0.254 e. The van der Waals surface area contributed by atoms with Crippen molar-refractivity contribution in [3.63, 3.8) is 0 Å². The first-order valence-corrected chi connectivity index (χ1v) is 13.4. The highest BCUT2D eigenvalue weighted by Crippen LogP contribution is 2.32. The Kier molecular flexibility index (Phi) is 9.42. The molecule has 10 heteroatoms. The fourth-order valence-corrected chi connectivity index (χ4v) is 4.65. The minimum Gasteiger partial charge on any atom is -0.497 e. The van der Waals surface area contributed by atoms with Gasteiger partial charge in [-0.3, -0.25) is 9.59 Å². The molecule has 4 rings (SSSR count). The minimum absolute atomic E-state index is 0.0310. The van der Waals surface area contributed by atoms with E-state index in [1.54, 1.807) is 50.5 Å². The van der Waals surface area contributed by atoms with Crippen LogP contribution >= 0.6 is 0 Å². The lowest BCUT2D eigenvalue weighted by atomic mass is 10.1. The molecule has 0 spiro atoms. The van der Waals surface area contributed by atoms with Crippen molar-refractivity contribution in [1.29, 1.82) is 0 Å². The number of nitrogens with zero attached hydrogens (tertiary/aromatic N) is 5. The Balaban J connectivity index is 1.38. The SMILES string of the molecule is CC[C@@H](C)N(CC(=O)N1CCN(c2ccc(-c3ccc(OC)cc3OC)nn2)CC1)C(=O)c1cccc(OC)c1. The van der Waals surface area contributed by atoms with Gasteiger partial charge in [0.15, 0.2) is 5.82 Å². The molecule has 2 amide bonds. The monoisotopic (exact) mass is 547 g/mol. The second-order valence-electron chi connectivity index (χ2n) is 9.63. The summed E-state index contributed by atoms with van der Waals surface area (Å²) in [6, 6.07) is 16.4. The van der Waals surface area contributed by atoms with Crippen molar-refractivity contribution in [2.75, 3.05) is 59.0 Å². The third kappa shape index (κ3) is 6.44. The molecule has 40 heavy (non-hydrogen) atoms. The topological polar surface area (TPSA) is 97.3 Å². The van der Waals surface area contributed by atoms with Crippen LogP contribution in [0.5, 0.6) is 17.2 Å². The van der Waals surface area contributed by atoms with Crippen LogP contribution in [0.15, 0.2) is 54.6 Å². The number of benzene rings is 2. The zero-order valence-electron chi connectivity index (χ0n) is 23.8. The highest BCUT2D eigenvalue weighted by atomic mass is 16.5. The maximum atomic E-state index is 13.3. The Hall–Kier alpha value is -4.34. The summed E-state index contributed by atoms with van der Waals surface area (Å²) in [5.41, 5.74) is 2.03. The number of amides is 2. The van der Waals surface area contributed by atoms with Crippen LogP contribution in [0.1, 0.15) is 30.6 Å². The van der Waals surface area contributed by atoms with Crippen molar-refractivity contribution in [3.8, 4) is 28.5 Å². The number of methoxy groups -OCH3 is 3. The normalized spacial score (nSPS) is 13.9. The van der Waals surface area contributed by atoms with Gasteiger partial charge >= 0.3 is 0 Å². The van der Waals surface area contributed by atoms with Gasteiger partial charge in [0.25, 0.3) is 5.91 Å². The molecule has 0 N–H and O–H groups in total. The van der Waals surface area contributed by atoms with Crippen molar-refractivity contribution in [3.05, 3.63) is 60.2 Å². The molecule has 0 radical (unpaired) electrons. The summed E-state index contributed by atoms with van der Waals surface area (Å²) < 4.78 is 16.0. The number of hydrogen-bond acceptors (Lipinski definition) is 8. The summed E-state index contributed by atoms with van der Waals surface area (Å²) in [5, 5.41) is 8.87. The van der Waals surface area contributed by atoms with Crippen molar-refractivity contribution < 1.29 is 23.8 Å². The molecule has 0 unspecified atom stereocenters. The zero-order valence-corrected chi connectivity index (χ0v) is 23.8. The number of anilines is 1. The van der Waals surface area contributed by atoms with Gasteiger partial charge in [0.1, 0.15) is 23.8 Å². The molecule has 0 saturated carbocycles. The molecule has 0 bridgehead atoms. The molecule has 1 atom stereocenters. The Morgan fingerprint density at radius 2 is 1.62 bits per heavy atom. The lowest BCUT2D eigenvalue weighted by Gasteiger charge is -2.37. The van der Waals surface area contributed by atoms with Crippen LogP contribution in [0.3, 0.4) is 0 Å². The third-order valence-electron chi connectivity index (χ3n) is 7.30. The average Bonchev–Trinajstić information content (AvgIpc) is 3.02. The molecule has 2 heterocycles. The number of carbonyl (C=O) groups excluding carboxylic acids is 2. The van der Waals surface area contributed by atoms with Crippen molar-refractivity contribution in [1.82, 2.24) is 20.0 Å². The van der Waals surface area contributed by atoms with Gasteiger partial charge in [-0.15, -0.1) is 10.2 Å². The third-order valence-corrected chi connectivity index (χ3v) is 7.30. The van der Waals surface area contributed by atoms with Crippen LogP contribution in [0.25, 0.3) is 11.3 Å². The Labute approximate surface area is 235 Å². The van der Waals surface area contributed by atoms with E-state index in [-0.39, 0.29) is 24.4 Å². The first-order valence-electron chi connectivity index (χ1n) is 13.4. The fraction of sp³-hybridized carbons (Fsp3) is 0.400. The minimum atomic E-state index is -0.177. The summed E-state index contributed by atoms with van der Waals surface area (Å²) in [6.07, 6.45) is 0.744. The van der Waals surface area contributed by atoms with E-state index in [0.29, 0.717) is 54.7 Å². The second-order valence-corrected chi connectivity index (χ2v) is 9.63. The highest BCUT2D eigenvalue weighted by Gasteiger charge is 2.28. The lowest BCUT2D eigenvalue weighted by Crippen LogP contribution is -2.53. The smallest absolute Gasteiger partial charge is 0.254 e. The number of ether oxygens (including phenoxy) is 3. The molecule has 3 aromatic rings. The van der Waals surface area contributed by atoms with Crippen LogP contribution in [0.2, 0.25) is 0 Å². The maximum absolute atomic E-state index is 13.3. The molecular formula is C30H37N5O5. The average molecular weight is 548 g/mol. The van der Waals surface area contributed by atoms with Gasteiger partial charge in [-0.2, -0.15) is 0 Å². The summed E-state index contributed by atoms with van der Waals surface area (Å²) in [7, 11) is 4.79. The van der Waals surface area contributed by atoms with Crippen LogP contribution < -0.4 is 19.1 Å². The summed E-state index contributed by atoms with van der Waals surface area (Å²) in [5.74, 6) is 2.47. The van der Waals surface area contributed by atoms with Crippen LogP contribution in [-0.2, 0) is 4.79 Å². The van der Waals surface area contributed by atoms with E-state index < -0.39 is 0 Å². The predicted octanol–water partition coefficient (Wildman–Crippen LogP) is 3.76.